The maximum absolute atomic E-state index is 12.9. The maximum atomic E-state index is 12.9. The Hall–Kier alpha value is -3.69. The molecule has 43 heavy (non-hydrogen) atoms. The minimum absolute atomic E-state index is 0.0470. The number of allylic oxidation sites excluding steroid dienone is 2. The van der Waals surface area contributed by atoms with E-state index in [4.69, 9.17) is 9.47 Å². The van der Waals surface area contributed by atoms with Crippen molar-refractivity contribution in [2.45, 2.75) is 69.6 Å². The van der Waals surface area contributed by atoms with Crippen molar-refractivity contribution in [3.63, 3.8) is 0 Å². The molecule has 0 bridgehead atoms. The van der Waals surface area contributed by atoms with Gasteiger partial charge in [0.15, 0.2) is 0 Å². The van der Waals surface area contributed by atoms with Gasteiger partial charge in [0.1, 0.15) is 37.7 Å². The molecule has 0 saturated heterocycles. The van der Waals surface area contributed by atoms with Crippen LogP contribution in [0.15, 0.2) is 48.6 Å². The van der Waals surface area contributed by atoms with E-state index in [2.05, 4.69) is 10.2 Å². The molecule has 240 valence electrons. The van der Waals surface area contributed by atoms with E-state index in [1.54, 1.807) is 6.08 Å². The summed E-state index contributed by atoms with van der Waals surface area (Å²) >= 11 is 0. The zero-order valence-electron chi connectivity index (χ0n) is 23.5. The number of carbonyl (C=O) groups is 2. The molecule has 4 N–H and O–H groups in total. The first-order valence-corrected chi connectivity index (χ1v) is 13.7. The smallest absolute Gasteiger partial charge is 0.416 e. The Morgan fingerprint density at radius 3 is 2.65 bits per heavy atom. The third kappa shape index (κ3) is 13.4. The highest BCUT2D eigenvalue weighted by Crippen LogP contribution is 2.36. The van der Waals surface area contributed by atoms with Crippen LogP contribution in [0.4, 0.5) is 13.2 Å². The summed E-state index contributed by atoms with van der Waals surface area (Å²) < 4.78 is 48.6. The third-order valence-electron chi connectivity index (χ3n) is 6.58. The molecular formula is C28H37F3N2O10. The van der Waals surface area contributed by atoms with Gasteiger partial charge >= 0.3 is 12.1 Å². The van der Waals surface area contributed by atoms with Crippen LogP contribution >= 0.6 is 0 Å². The van der Waals surface area contributed by atoms with Crippen molar-refractivity contribution in [3.8, 4) is 5.75 Å². The largest absolute Gasteiger partial charge is 0.491 e. The van der Waals surface area contributed by atoms with Gasteiger partial charge in [-0.1, -0.05) is 30.4 Å². The maximum Gasteiger partial charge on any atom is 0.416 e. The number of halogens is 3. The molecular weight excluding hydrogens is 581 g/mol. The standard InChI is InChI=1S/C28H37F3N2O10/c1-18(43-33(39)40)16-42-27(38)15-32-26(37)10-5-3-2-4-9-22-23(25(36)14-24(22)35)12-11-20(34)17-41-21-8-6-7-19(13-21)28(29,30)31/h2,4,6-8,11-13,18,20,22-25,34-36H,3,5,9-10,14-17H2,1H3,(H,32,37)/b4-2-,12-11+/t18?,20-,22-,23-,24+,25-/m1/s1. The first-order chi connectivity index (χ1) is 20.3. The average Bonchev–Trinajstić information content (AvgIpc) is 3.20. The predicted molar refractivity (Wildman–Crippen MR) is 145 cm³/mol. The Bertz CT molecular complexity index is 1110. The molecule has 1 aliphatic carbocycles. The number of rotatable bonds is 17. The van der Waals surface area contributed by atoms with Gasteiger partial charge < -0.3 is 34.9 Å². The first kappa shape index (κ1) is 35.5. The number of ether oxygens (including phenoxy) is 2. The topological polar surface area (TPSA) is 178 Å². The number of unbranched alkanes of at least 4 members (excludes halogenated alkanes) is 1. The number of aliphatic hydroxyl groups is 3. The second kappa shape index (κ2) is 17.4. The number of nitrogens with zero attached hydrogens (tertiary/aromatic N) is 1. The fourth-order valence-corrected chi connectivity index (χ4v) is 4.41. The summed E-state index contributed by atoms with van der Waals surface area (Å²) in [5, 5.41) is 42.6. The number of aliphatic hydroxyl groups excluding tert-OH is 3. The molecule has 1 saturated carbocycles. The molecule has 0 spiro atoms. The van der Waals surface area contributed by atoms with Gasteiger partial charge in [0.2, 0.25) is 5.91 Å². The number of carbonyl (C=O) groups excluding carboxylic acids is 2. The van der Waals surface area contributed by atoms with Crippen LogP contribution in [0.25, 0.3) is 0 Å². The molecule has 1 aromatic carbocycles. The summed E-state index contributed by atoms with van der Waals surface area (Å²) in [4.78, 5) is 37.9. The summed E-state index contributed by atoms with van der Waals surface area (Å²) in [6, 6.07) is 4.29. The Kier molecular flexibility index (Phi) is 14.4. The Morgan fingerprint density at radius 2 is 1.95 bits per heavy atom. The van der Waals surface area contributed by atoms with E-state index < -0.39 is 53.1 Å². The Balaban J connectivity index is 1.71. The van der Waals surface area contributed by atoms with Crippen LogP contribution in [0, 0.1) is 22.0 Å². The Morgan fingerprint density at radius 1 is 1.21 bits per heavy atom. The van der Waals surface area contributed by atoms with Crippen molar-refractivity contribution in [3.05, 3.63) is 64.2 Å². The second-order valence-electron chi connectivity index (χ2n) is 10.1. The van der Waals surface area contributed by atoms with Crippen LogP contribution in [0.5, 0.6) is 5.75 Å². The van der Waals surface area contributed by atoms with E-state index >= 15 is 0 Å². The van der Waals surface area contributed by atoms with Crippen LogP contribution in [0.2, 0.25) is 0 Å². The van der Waals surface area contributed by atoms with E-state index in [0.29, 0.717) is 19.3 Å². The summed E-state index contributed by atoms with van der Waals surface area (Å²) in [7, 11) is 0. The van der Waals surface area contributed by atoms with Gasteiger partial charge in [0.25, 0.3) is 5.09 Å². The van der Waals surface area contributed by atoms with Crippen LogP contribution in [0.3, 0.4) is 0 Å². The molecule has 1 aromatic rings. The van der Waals surface area contributed by atoms with Crippen molar-refractivity contribution < 1.29 is 57.5 Å². The number of alkyl halides is 3. The summed E-state index contributed by atoms with van der Waals surface area (Å²) in [6.45, 7) is 0.331. The summed E-state index contributed by atoms with van der Waals surface area (Å²) in [6.07, 6.45) is 0.0661. The second-order valence-corrected chi connectivity index (χ2v) is 10.1. The molecule has 12 nitrogen and oxygen atoms in total. The predicted octanol–water partition coefficient (Wildman–Crippen LogP) is 2.73. The zero-order chi connectivity index (χ0) is 32.0. The molecule has 0 radical (unpaired) electrons. The van der Waals surface area contributed by atoms with Crippen molar-refractivity contribution in [1.29, 1.82) is 0 Å². The normalized spacial score (nSPS) is 21.9. The number of esters is 1. The minimum atomic E-state index is -4.52. The lowest BCUT2D eigenvalue weighted by atomic mass is 9.89. The third-order valence-corrected chi connectivity index (χ3v) is 6.58. The van der Waals surface area contributed by atoms with Crippen LogP contribution in [0.1, 0.15) is 44.6 Å². The fourth-order valence-electron chi connectivity index (χ4n) is 4.41. The molecule has 1 aliphatic rings. The van der Waals surface area contributed by atoms with E-state index in [0.717, 1.165) is 12.1 Å². The van der Waals surface area contributed by atoms with Gasteiger partial charge in [-0.2, -0.15) is 13.2 Å². The highest BCUT2D eigenvalue weighted by Gasteiger charge is 2.39. The number of nitrogens with one attached hydrogen (secondary N) is 1. The molecule has 1 fully saturated rings. The average molecular weight is 619 g/mol. The lowest BCUT2D eigenvalue weighted by molar-refractivity contribution is -0.767. The molecule has 2 rings (SSSR count). The monoisotopic (exact) mass is 618 g/mol. The number of benzene rings is 1. The van der Waals surface area contributed by atoms with Crippen molar-refractivity contribution in [2.75, 3.05) is 19.8 Å². The van der Waals surface area contributed by atoms with Crippen molar-refractivity contribution >= 4 is 11.9 Å². The quantitative estimate of drug-likeness (QED) is 0.0667. The van der Waals surface area contributed by atoms with Crippen LogP contribution in [-0.4, -0.2) is 76.5 Å². The summed E-state index contributed by atoms with van der Waals surface area (Å²) in [5.74, 6) is -2.00. The highest BCUT2D eigenvalue weighted by molar-refractivity contribution is 5.81. The molecule has 15 heteroatoms. The molecule has 0 aliphatic heterocycles. The number of hydrogen-bond acceptors (Lipinski definition) is 10. The van der Waals surface area contributed by atoms with E-state index in [9.17, 15) is 48.2 Å². The lowest BCUT2D eigenvalue weighted by Crippen LogP contribution is -2.32. The molecule has 1 amide bonds. The SMILES string of the molecule is CC(COC(=O)CNC(=O)CCC/C=C\C[C@@H]1[C@@H](/C=C/[C@@H](O)COc2cccc(C(F)(F)F)c2)[C@H](O)C[C@@H]1O)O[N+](=O)[O-]. The van der Waals surface area contributed by atoms with Gasteiger partial charge in [0, 0.05) is 18.8 Å². The van der Waals surface area contributed by atoms with E-state index in [1.165, 1.54) is 25.1 Å². The van der Waals surface area contributed by atoms with E-state index in [-0.39, 0.29) is 50.2 Å². The molecule has 0 aromatic heterocycles. The fraction of sp³-hybridized carbons (Fsp3) is 0.571. The highest BCUT2D eigenvalue weighted by atomic mass is 19.4. The van der Waals surface area contributed by atoms with Crippen molar-refractivity contribution in [1.82, 2.24) is 5.32 Å². The molecule has 1 unspecified atom stereocenters. The summed E-state index contributed by atoms with van der Waals surface area (Å²) in [5.41, 5.74) is -0.869. The zero-order valence-corrected chi connectivity index (χ0v) is 23.5. The van der Waals surface area contributed by atoms with Gasteiger partial charge in [-0.05, 0) is 50.3 Å². The lowest BCUT2D eigenvalue weighted by Gasteiger charge is -2.19. The van der Waals surface area contributed by atoms with Crippen LogP contribution in [-0.2, 0) is 25.3 Å². The Labute approximate surface area is 246 Å². The first-order valence-electron chi connectivity index (χ1n) is 13.7. The van der Waals surface area contributed by atoms with Gasteiger partial charge in [-0.25, -0.2) is 0 Å². The van der Waals surface area contributed by atoms with Gasteiger partial charge in [-0.15, -0.1) is 10.1 Å². The molecule has 0 heterocycles. The van der Waals surface area contributed by atoms with Crippen LogP contribution < -0.4 is 10.1 Å². The van der Waals surface area contributed by atoms with Crippen molar-refractivity contribution in [2.24, 2.45) is 11.8 Å². The minimum Gasteiger partial charge on any atom is -0.491 e. The molecule has 6 atom stereocenters. The van der Waals surface area contributed by atoms with Gasteiger partial charge in [-0.3, -0.25) is 9.59 Å². The van der Waals surface area contributed by atoms with Gasteiger partial charge in [0.05, 0.1) is 17.8 Å². The number of amides is 1. The number of hydrogen-bond donors (Lipinski definition) is 4. The van der Waals surface area contributed by atoms with E-state index in [1.807, 2.05) is 12.2 Å².